The first kappa shape index (κ1) is 29.7. The Bertz CT molecular complexity index is 1860. The summed E-state index contributed by atoms with van der Waals surface area (Å²) in [4.78, 5) is 33.3. The SMILES string of the molecule is CCCOc1c(OC)cccc1[C@@H]1C(C(=O)OCC)=C(c2ccccc2)N=c2sc(=Cc3ccc(O)c(OC)c3)c(=O)n21. The molecule has 0 saturated heterocycles. The number of esters is 1. The van der Waals surface area contributed by atoms with Gasteiger partial charge in [-0.05, 0) is 43.2 Å². The third-order valence-electron chi connectivity index (χ3n) is 6.85. The van der Waals surface area contributed by atoms with Crippen molar-refractivity contribution in [2.75, 3.05) is 27.4 Å². The quantitative estimate of drug-likeness (QED) is 0.268. The highest BCUT2D eigenvalue weighted by Crippen LogP contribution is 2.42. The lowest BCUT2D eigenvalue weighted by Gasteiger charge is -2.27. The lowest BCUT2D eigenvalue weighted by molar-refractivity contribution is -0.138. The second kappa shape index (κ2) is 13.0. The maximum atomic E-state index is 14.2. The number of fused-ring (bicyclic) bond motifs is 1. The van der Waals surface area contributed by atoms with Gasteiger partial charge in [0, 0.05) is 11.1 Å². The highest BCUT2D eigenvalue weighted by Gasteiger charge is 2.37. The second-order valence-electron chi connectivity index (χ2n) is 9.59. The molecule has 0 unspecified atom stereocenters. The van der Waals surface area contributed by atoms with Gasteiger partial charge in [0.25, 0.3) is 5.56 Å². The Hall–Kier alpha value is -4.83. The Morgan fingerprint density at radius 2 is 1.79 bits per heavy atom. The summed E-state index contributed by atoms with van der Waals surface area (Å²) < 4.78 is 24.6. The number of carbonyl (C=O) groups is 1. The molecule has 1 aromatic heterocycles. The van der Waals surface area contributed by atoms with Crippen LogP contribution in [-0.4, -0.2) is 43.1 Å². The Labute approximate surface area is 252 Å². The Morgan fingerprint density at radius 1 is 1.02 bits per heavy atom. The molecule has 43 heavy (non-hydrogen) atoms. The van der Waals surface area contributed by atoms with Crippen LogP contribution in [0.2, 0.25) is 0 Å². The number of ether oxygens (including phenoxy) is 4. The first-order valence-corrected chi connectivity index (χ1v) is 14.7. The van der Waals surface area contributed by atoms with E-state index in [0.717, 1.165) is 6.42 Å². The third-order valence-corrected chi connectivity index (χ3v) is 7.83. The fourth-order valence-electron chi connectivity index (χ4n) is 4.94. The number of phenols is 1. The molecule has 0 saturated carbocycles. The number of carbonyl (C=O) groups excluding carboxylic acids is 1. The lowest BCUT2D eigenvalue weighted by atomic mass is 9.92. The van der Waals surface area contributed by atoms with Gasteiger partial charge >= 0.3 is 5.97 Å². The number of thiazole rings is 1. The van der Waals surface area contributed by atoms with Crippen molar-refractivity contribution in [1.82, 2.24) is 4.57 Å². The maximum Gasteiger partial charge on any atom is 0.338 e. The third kappa shape index (κ3) is 5.78. The first-order chi connectivity index (χ1) is 20.9. The Balaban J connectivity index is 1.86. The maximum absolute atomic E-state index is 14.2. The summed E-state index contributed by atoms with van der Waals surface area (Å²) in [5.74, 6) is 0.600. The van der Waals surface area contributed by atoms with Crippen molar-refractivity contribution in [3.05, 3.63) is 109 Å². The molecule has 0 radical (unpaired) electrons. The number of rotatable bonds is 10. The van der Waals surface area contributed by atoms with Gasteiger partial charge in [0.2, 0.25) is 0 Å². The molecule has 1 aliphatic heterocycles. The van der Waals surface area contributed by atoms with E-state index in [-0.39, 0.29) is 29.2 Å². The number of aromatic nitrogens is 1. The van der Waals surface area contributed by atoms with Gasteiger partial charge in [-0.15, -0.1) is 0 Å². The molecule has 222 valence electrons. The average Bonchev–Trinajstić information content (AvgIpc) is 3.34. The van der Waals surface area contributed by atoms with Crippen LogP contribution in [0, 0.1) is 0 Å². The van der Waals surface area contributed by atoms with Crippen molar-refractivity contribution in [1.29, 1.82) is 0 Å². The summed E-state index contributed by atoms with van der Waals surface area (Å²) in [5, 5.41) is 10.1. The van der Waals surface area contributed by atoms with Crippen molar-refractivity contribution in [3.63, 3.8) is 0 Å². The molecule has 1 N–H and O–H groups in total. The molecule has 1 aliphatic rings. The molecule has 0 bridgehead atoms. The number of nitrogens with zero attached hydrogens (tertiary/aromatic N) is 2. The molecule has 1 atom stereocenters. The zero-order chi connectivity index (χ0) is 30.5. The molecule has 4 aromatic rings. The van der Waals surface area contributed by atoms with Gasteiger partial charge in [-0.2, -0.15) is 0 Å². The summed E-state index contributed by atoms with van der Waals surface area (Å²) in [5.41, 5.74) is 2.20. The molecule has 0 amide bonds. The van der Waals surface area contributed by atoms with Crippen LogP contribution in [0.5, 0.6) is 23.0 Å². The molecule has 0 aliphatic carbocycles. The van der Waals surface area contributed by atoms with E-state index in [4.69, 9.17) is 23.9 Å². The number of methoxy groups -OCH3 is 2. The van der Waals surface area contributed by atoms with Crippen molar-refractivity contribution in [2.45, 2.75) is 26.3 Å². The van der Waals surface area contributed by atoms with Gasteiger partial charge in [-0.25, -0.2) is 9.79 Å². The first-order valence-electron chi connectivity index (χ1n) is 13.9. The zero-order valence-corrected chi connectivity index (χ0v) is 25.1. The molecule has 2 heterocycles. The van der Waals surface area contributed by atoms with Crippen LogP contribution in [0.3, 0.4) is 0 Å². The van der Waals surface area contributed by atoms with Gasteiger partial charge in [0.1, 0.15) is 6.04 Å². The van der Waals surface area contributed by atoms with Crippen LogP contribution in [0.4, 0.5) is 0 Å². The summed E-state index contributed by atoms with van der Waals surface area (Å²) >= 11 is 1.20. The van der Waals surface area contributed by atoms with Crippen LogP contribution in [-0.2, 0) is 9.53 Å². The number of hydrogen-bond acceptors (Lipinski definition) is 9. The Kier molecular flexibility index (Phi) is 8.96. The number of para-hydroxylation sites is 1. The van der Waals surface area contributed by atoms with E-state index in [9.17, 15) is 14.7 Å². The largest absolute Gasteiger partial charge is 0.504 e. The van der Waals surface area contributed by atoms with E-state index in [2.05, 4.69) is 0 Å². The van der Waals surface area contributed by atoms with E-state index in [0.29, 0.717) is 49.8 Å². The summed E-state index contributed by atoms with van der Waals surface area (Å²) in [6.45, 7) is 4.27. The minimum atomic E-state index is -0.927. The molecule has 0 spiro atoms. The fraction of sp³-hybridized carbons (Fsp3) is 0.242. The van der Waals surface area contributed by atoms with Crippen LogP contribution < -0.4 is 29.1 Å². The molecule has 10 heteroatoms. The van der Waals surface area contributed by atoms with Crippen LogP contribution in [0.15, 0.2) is 82.1 Å². The minimum Gasteiger partial charge on any atom is -0.504 e. The van der Waals surface area contributed by atoms with Crippen LogP contribution in [0.25, 0.3) is 11.8 Å². The molecule has 0 fully saturated rings. The van der Waals surface area contributed by atoms with Gasteiger partial charge in [0.05, 0.1) is 43.2 Å². The predicted molar refractivity (Wildman–Crippen MR) is 164 cm³/mol. The zero-order valence-electron chi connectivity index (χ0n) is 24.3. The normalized spacial score (nSPS) is 14.6. The molecule has 5 rings (SSSR count). The van der Waals surface area contributed by atoms with E-state index >= 15 is 0 Å². The summed E-state index contributed by atoms with van der Waals surface area (Å²) in [6, 6.07) is 18.7. The molecular weight excluding hydrogens is 568 g/mol. The van der Waals surface area contributed by atoms with Crippen molar-refractivity contribution < 1.29 is 28.8 Å². The second-order valence-corrected chi connectivity index (χ2v) is 10.6. The molecular formula is C33H32N2O7S. The van der Waals surface area contributed by atoms with E-state index < -0.39 is 12.0 Å². The summed E-state index contributed by atoms with van der Waals surface area (Å²) in [7, 11) is 3.01. The van der Waals surface area contributed by atoms with E-state index in [1.807, 2.05) is 43.3 Å². The predicted octanol–water partition coefficient (Wildman–Crippen LogP) is 4.45. The highest BCUT2D eigenvalue weighted by atomic mass is 32.1. The fourth-order valence-corrected chi connectivity index (χ4v) is 5.94. The van der Waals surface area contributed by atoms with E-state index in [1.54, 1.807) is 44.4 Å². The standard InChI is InChI=1S/C33H32N2O7S/c1-5-17-42-30-22(13-10-14-24(30)39-3)29-27(32(38)41-6-2)28(21-11-8-7-9-12-21)34-33-35(29)31(37)26(43-33)19-20-15-16-23(36)25(18-20)40-4/h7-16,18-19,29,36H,5-6,17H2,1-4H3/t29-/m1/s1. The van der Waals surface area contributed by atoms with Crippen LogP contribution >= 0.6 is 11.3 Å². The molecule has 3 aromatic carbocycles. The number of benzene rings is 3. The van der Waals surface area contributed by atoms with Crippen molar-refractivity contribution >= 4 is 29.1 Å². The topological polar surface area (TPSA) is 109 Å². The van der Waals surface area contributed by atoms with Gasteiger partial charge < -0.3 is 24.1 Å². The Morgan fingerprint density at radius 3 is 2.49 bits per heavy atom. The van der Waals surface area contributed by atoms with Crippen LogP contribution in [0.1, 0.15) is 43.0 Å². The monoisotopic (exact) mass is 600 g/mol. The molecule has 9 nitrogen and oxygen atoms in total. The van der Waals surface area contributed by atoms with Crippen molar-refractivity contribution in [2.24, 2.45) is 4.99 Å². The van der Waals surface area contributed by atoms with Gasteiger partial charge in [-0.3, -0.25) is 9.36 Å². The summed E-state index contributed by atoms with van der Waals surface area (Å²) in [6.07, 6.45) is 2.45. The minimum absolute atomic E-state index is 0.00896. The smallest absolute Gasteiger partial charge is 0.338 e. The van der Waals surface area contributed by atoms with Gasteiger partial charge in [-0.1, -0.05) is 66.8 Å². The van der Waals surface area contributed by atoms with Crippen molar-refractivity contribution in [3.8, 4) is 23.0 Å². The number of hydrogen-bond donors (Lipinski definition) is 1. The lowest BCUT2D eigenvalue weighted by Crippen LogP contribution is -2.40. The average molecular weight is 601 g/mol. The number of aromatic hydroxyl groups is 1. The van der Waals surface area contributed by atoms with Gasteiger partial charge in [0.15, 0.2) is 27.8 Å². The number of phenolic OH excluding ortho intramolecular Hbond substituents is 1. The van der Waals surface area contributed by atoms with E-state index in [1.165, 1.54) is 29.1 Å². The highest BCUT2D eigenvalue weighted by molar-refractivity contribution is 7.07.